The molecular weight excluding hydrogens is 284 g/mol. The standard InChI is InChI=1S/C21H32O2/c1-19(2)12-17(23)21(4)10-8-16-15(18(19)21)6-5-13-11-14(22)7-9-20(13,16)3/h11,15-18,23H,5-10,12H2,1-4H3/t15-,16+,17+,18-,20+,21-/m1/s1. The SMILES string of the molecule is CC1(C)C[C@H](O)[C@@]2(C)CC[C@H]3[C@@H](CCC4=CC(=O)CC[C@@]43C)[C@H]12. The maximum atomic E-state index is 11.9. The quantitative estimate of drug-likeness (QED) is 0.713. The van der Waals surface area contributed by atoms with Gasteiger partial charge in [-0.2, -0.15) is 0 Å². The molecule has 3 saturated carbocycles. The number of carbonyl (C=O) groups is 1. The van der Waals surface area contributed by atoms with E-state index in [1.165, 1.54) is 18.4 Å². The highest BCUT2D eigenvalue weighted by Crippen LogP contribution is 2.69. The first kappa shape index (κ1) is 15.9. The topological polar surface area (TPSA) is 37.3 Å². The van der Waals surface area contributed by atoms with Crippen LogP contribution in [-0.4, -0.2) is 17.0 Å². The second kappa shape index (κ2) is 4.71. The molecule has 0 unspecified atom stereocenters. The summed E-state index contributed by atoms with van der Waals surface area (Å²) in [5.41, 5.74) is 2.02. The monoisotopic (exact) mass is 316 g/mol. The van der Waals surface area contributed by atoms with Crippen molar-refractivity contribution in [2.75, 3.05) is 0 Å². The molecule has 0 heterocycles. The minimum atomic E-state index is -0.138. The van der Waals surface area contributed by atoms with Crippen molar-refractivity contribution in [3.63, 3.8) is 0 Å². The van der Waals surface area contributed by atoms with E-state index in [2.05, 4.69) is 27.7 Å². The predicted molar refractivity (Wildman–Crippen MR) is 91.9 cm³/mol. The number of rotatable bonds is 0. The Balaban J connectivity index is 1.74. The Kier molecular flexibility index (Phi) is 3.25. The molecule has 0 aromatic carbocycles. The molecule has 4 aliphatic carbocycles. The summed E-state index contributed by atoms with van der Waals surface area (Å²) in [6.45, 7) is 9.55. The molecule has 128 valence electrons. The first-order chi connectivity index (χ1) is 10.7. The van der Waals surface area contributed by atoms with Crippen molar-refractivity contribution < 1.29 is 9.90 Å². The van der Waals surface area contributed by atoms with Crippen molar-refractivity contribution in [3.8, 4) is 0 Å². The minimum absolute atomic E-state index is 0.104. The molecule has 4 rings (SSSR count). The second-order valence-electron chi connectivity index (χ2n) is 10.1. The van der Waals surface area contributed by atoms with Crippen molar-refractivity contribution in [2.45, 2.75) is 78.7 Å². The number of aliphatic hydroxyl groups is 1. The summed E-state index contributed by atoms with van der Waals surface area (Å²) in [5.74, 6) is 2.39. The lowest BCUT2D eigenvalue weighted by molar-refractivity contribution is -0.119. The van der Waals surface area contributed by atoms with Crippen LogP contribution in [0.15, 0.2) is 11.6 Å². The van der Waals surface area contributed by atoms with Gasteiger partial charge in [0.15, 0.2) is 5.78 Å². The van der Waals surface area contributed by atoms with Gasteiger partial charge < -0.3 is 5.11 Å². The fourth-order valence-electron chi connectivity index (χ4n) is 7.50. The van der Waals surface area contributed by atoms with Crippen LogP contribution in [0.2, 0.25) is 0 Å². The van der Waals surface area contributed by atoms with Crippen molar-refractivity contribution in [1.82, 2.24) is 0 Å². The van der Waals surface area contributed by atoms with Gasteiger partial charge in [-0.3, -0.25) is 4.79 Å². The first-order valence-electron chi connectivity index (χ1n) is 9.60. The Bertz CT molecular complexity index is 574. The zero-order chi connectivity index (χ0) is 16.6. The fourth-order valence-corrected chi connectivity index (χ4v) is 7.50. The van der Waals surface area contributed by atoms with Gasteiger partial charge in [0.05, 0.1) is 6.10 Å². The molecule has 0 bridgehead atoms. The first-order valence-corrected chi connectivity index (χ1v) is 9.60. The predicted octanol–water partition coefficient (Wildman–Crippen LogP) is 4.52. The van der Waals surface area contributed by atoms with Crippen molar-refractivity contribution >= 4 is 5.78 Å². The molecule has 4 aliphatic rings. The zero-order valence-corrected chi connectivity index (χ0v) is 15.2. The molecule has 2 heteroatoms. The van der Waals surface area contributed by atoms with E-state index in [0.717, 1.165) is 38.0 Å². The lowest BCUT2D eigenvalue weighted by Gasteiger charge is -2.59. The second-order valence-corrected chi connectivity index (χ2v) is 10.1. The molecular formula is C21H32O2. The smallest absolute Gasteiger partial charge is 0.155 e. The Hall–Kier alpha value is -0.630. The molecule has 6 atom stereocenters. The highest BCUT2D eigenvalue weighted by atomic mass is 16.3. The van der Waals surface area contributed by atoms with Gasteiger partial charge in [0.25, 0.3) is 0 Å². The highest BCUT2D eigenvalue weighted by Gasteiger charge is 2.63. The molecule has 1 N–H and O–H groups in total. The number of aliphatic hydroxyl groups excluding tert-OH is 1. The van der Waals surface area contributed by atoms with Crippen LogP contribution in [0.5, 0.6) is 0 Å². The van der Waals surface area contributed by atoms with E-state index in [4.69, 9.17) is 0 Å². The Morgan fingerprint density at radius 3 is 2.57 bits per heavy atom. The number of fused-ring (bicyclic) bond motifs is 5. The number of carbonyl (C=O) groups excluding carboxylic acids is 1. The van der Waals surface area contributed by atoms with Gasteiger partial charge in [-0.25, -0.2) is 0 Å². The molecule has 0 amide bonds. The summed E-state index contributed by atoms with van der Waals surface area (Å²) in [7, 11) is 0. The van der Waals surface area contributed by atoms with Crippen LogP contribution in [0.3, 0.4) is 0 Å². The van der Waals surface area contributed by atoms with Gasteiger partial charge in [0, 0.05) is 6.42 Å². The number of hydrogen-bond acceptors (Lipinski definition) is 2. The van der Waals surface area contributed by atoms with Crippen molar-refractivity contribution in [1.29, 1.82) is 0 Å². The molecule has 0 aromatic rings. The Morgan fingerprint density at radius 2 is 1.83 bits per heavy atom. The van der Waals surface area contributed by atoms with E-state index in [0.29, 0.717) is 17.6 Å². The summed E-state index contributed by atoms with van der Waals surface area (Å²) >= 11 is 0. The molecule has 23 heavy (non-hydrogen) atoms. The van der Waals surface area contributed by atoms with Gasteiger partial charge in [-0.15, -0.1) is 0 Å². The molecule has 0 saturated heterocycles. The fraction of sp³-hybridized carbons (Fsp3) is 0.857. The van der Waals surface area contributed by atoms with E-state index in [-0.39, 0.29) is 22.3 Å². The average molecular weight is 316 g/mol. The summed E-state index contributed by atoms with van der Waals surface area (Å²) in [6, 6.07) is 0. The van der Waals surface area contributed by atoms with Crippen LogP contribution in [0.25, 0.3) is 0 Å². The third-order valence-corrected chi connectivity index (χ3v) is 8.50. The summed E-state index contributed by atoms with van der Waals surface area (Å²) in [5, 5.41) is 10.8. The molecule has 3 fully saturated rings. The van der Waals surface area contributed by atoms with E-state index in [1.54, 1.807) is 0 Å². The Labute approximate surface area is 140 Å². The third-order valence-electron chi connectivity index (χ3n) is 8.50. The van der Waals surface area contributed by atoms with Crippen LogP contribution in [0.1, 0.15) is 72.6 Å². The highest BCUT2D eigenvalue weighted by molar-refractivity contribution is 5.91. The number of allylic oxidation sites excluding steroid dienone is 1. The van der Waals surface area contributed by atoms with Gasteiger partial charge in [0.2, 0.25) is 0 Å². The summed E-state index contributed by atoms with van der Waals surface area (Å²) in [6.07, 6.45) is 9.28. The minimum Gasteiger partial charge on any atom is -0.393 e. The van der Waals surface area contributed by atoms with Crippen LogP contribution in [-0.2, 0) is 4.79 Å². The van der Waals surface area contributed by atoms with Gasteiger partial charge in [0.1, 0.15) is 0 Å². The van der Waals surface area contributed by atoms with Gasteiger partial charge >= 0.3 is 0 Å². The van der Waals surface area contributed by atoms with Crippen molar-refractivity contribution in [3.05, 3.63) is 11.6 Å². The Morgan fingerprint density at radius 1 is 1.09 bits per heavy atom. The lowest BCUT2D eigenvalue weighted by atomic mass is 9.45. The number of hydrogen-bond donors (Lipinski definition) is 1. The van der Waals surface area contributed by atoms with E-state index in [1.807, 2.05) is 6.08 Å². The molecule has 0 spiro atoms. The zero-order valence-electron chi connectivity index (χ0n) is 15.2. The number of ketones is 1. The molecule has 0 radical (unpaired) electrons. The van der Waals surface area contributed by atoms with E-state index < -0.39 is 0 Å². The van der Waals surface area contributed by atoms with Gasteiger partial charge in [-0.1, -0.05) is 33.3 Å². The van der Waals surface area contributed by atoms with Crippen LogP contribution >= 0.6 is 0 Å². The maximum Gasteiger partial charge on any atom is 0.155 e. The largest absolute Gasteiger partial charge is 0.393 e. The maximum absolute atomic E-state index is 11.9. The van der Waals surface area contributed by atoms with Crippen LogP contribution in [0.4, 0.5) is 0 Å². The lowest BCUT2D eigenvalue weighted by Crippen LogP contribution is -2.53. The summed E-state index contributed by atoms with van der Waals surface area (Å²) < 4.78 is 0. The molecule has 0 aliphatic heterocycles. The van der Waals surface area contributed by atoms with Crippen LogP contribution < -0.4 is 0 Å². The van der Waals surface area contributed by atoms with Crippen molar-refractivity contribution in [2.24, 2.45) is 34.0 Å². The van der Waals surface area contributed by atoms with E-state index >= 15 is 0 Å². The van der Waals surface area contributed by atoms with Gasteiger partial charge in [-0.05, 0) is 78.6 Å². The normalized spacial score (nSPS) is 51.5. The van der Waals surface area contributed by atoms with Crippen LogP contribution in [0, 0.1) is 34.0 Å². The molecule has 0 aromatic heterocycles. The third kappa shape index (κ3) is 2.00. The molecule has 2 nitrogen and oxygen atoms in total. The summed E-state index contributed by atoms with van der Waals surface area (Å²) in [4.78, 5) is 11.9. The van der Waals surface area contributed by atoms with E-state index in [9.17, 15) is 9.90 Å². The average Bonchev–Trinajstić information content (AvgIpc) is 2.65.